The van der Waals surface area contributed by atoms with Crippen molar-refractivity contribution >= 4 is 21.1 Å². The minimum absolute atomic E-state index is 0.232. The van der Waals surface area contributed by atoms with Crippen molar-refractivity contribution in [3.05, 3.63) is 95.4 Å². The normalized spacial score (nSPS) is 26.1. The van der Waals surface area contributed by atoms with Gasteiger partial charge in [-0.1, -0.05) is 30.3 Å². The summed E-state index contributed by atoms with van der Waals surface area (Å²) >= 11 is 0. The maximum absolute atomic E-state index is 13.5. The van der Waals surface area contributed by atoms with Crippen LogP contribution >= 0.6 is 0 Å². The molecule has 3 fully saturated rings. The van der Waals surface area contributed by atoms with E-state index in [9.17, 15) is 12.8 Å². The Balaban J connectivity index is 1.31. The molecule has 8 heteroatoms. The first-order valence-electron chi connectivity index (χ1n) is 12.9. The number of hydrogen-bond acceptors (Lipinski definition) is 3. The van der Waals surface area contributed by atoms with Gasteiger partial charge in [0.2, 0.25) is 0 Å². The third-order valence-corrected chi connectivity index (χ3v) is 10.7. The molecule has 1 aromatic heterocycles. The molecular weight excluding hydrogens is 487 g/mol. The van der Waals surface area contributed by atoms with Gasteiger partial charge in [-0.3, -0.25) is 0 Å². The molecule has 3 aliphatic rings. The molecule has 7 rings (SSSR count). The van der Waals surface area contributed by atoms with Gasteiger partial charge >= 0.3 is 0 Å². The molecule has 0 N–H and O–H groups in total. The van der Waals surface area contributed by atoms with Crippen LogP contribution in [-0.4, -0.2) is 53.0 Å². The Morgan fingerprint density at radius 3 is 2.43 bits per heavy atom. The van der Waals surface area contributed by atoms with Gasteiger partial charge in [-0.25, -0.2) is 9.07 Å². The van der Waals surface area contributed by atoms with Crippen molar-refractivity contribution in [2.75, 3.05) is 26.2 Å². The maximum atomic E-state index is 13.5. The van der Waals surface area contributed by atoms with Gasteiger partial charge in [0.05, 0.1) is 17.4 Å². The summed E-state index contributed by atoms with van der Waals surface area (Å²) in [5, 5.41) is 5.60. The summed E-state index contributed by atoms with van der Waals surface area (Å²) in [6.45, 7) is 4.39. The van der Waals surface area contributed by atoms with E-state index in [-0.39, 0.29) is 23.1 Å². The van der Waals surface area contributed by atoms with Gasteiger partial charge in [-0.2, -0.15) is 22.1 Å². The topological polar surface area (TPSA) is 58.4 Å². The highest BCUT2D eigenvalue weighted by molar-refractivity contribution is 7.86. The lowest BCUT2D eigenvalue weighted by Crippen LogP contribution is -2.43. The van der Waals surface area contributed by atoms with E-state index in [1.165, 1.54) is 23.3 Å². The first kappa shape index (κ1) is 23.1. The molecule has 4 aromatic rings. The fourth-order valence-electron chi connectivity index (χ4n) is 6.95. The van der Waals surface area contributed by atoms with Crippen LogP contribution in [-0.2, 0) is 15.6 Å². The van der Waals surface area contributed by atoms with Crippen LogP contribution in [0.5, 0.6) is 0 Å². The number of rotatable bonds is 5. The van der Waals surface area contributed by atoms with E-state index in [2.05, 4.69) is 48.4 Å². The third kappa shape index (κ3) is 3.42. The van der Waals surface area contributed by atoms with Gasteiger partial charge < -0.3 is 0 Å². The molecule has 37 heavy (non-hydrogen) atoms. The van der Waals surface area contributed by atoms with Gasteiger partial charge in [0, 0.05) is 42.9 Å². The number of aromatic nitrogens is 2. The van der Waals surface area contributed by atoms with Crippen molar-refractivity contribution in [1.82, 2.24) is 18.4 Å². The predicted molar refractivity (Wildman–Crippen MR) is 141 cm³/mol. The fraction of sp³-hybridized carbons (Fsp3) is 0.345. The molecule has 0 unspecified atom stereocenters. The number of fused-ring (bicyclic) bond motifs is 2. The highest BCUT2D eigenvalue weighted by Gasteiger charge is 2.71. The largest absolute Gasteiger partial charge is 0.282 e. The molecule has 0 amide bonds. The zero-order valence-corrected chi connectivity index (χ0v) is 21.5. The van der Waals surface area contributed by atoms with E-state index in [0.717, 1.165) is 35.0 Å². The lowest BCUT2D eigenvalue weighted by Gasteiger charge is -2.28. The Hall–Kier alpha value is -3.07. The quantitative estimate of drug-likeness (QED) is 0.384. The van der Waals surface area contributed by atoms with E-state index >= 15 is 0 Å². The van der Waals surface area contributed by atoms with Crippen LogP contribution in [0.3, 0.4) is 0 Å². The van der Waals surface area contributed by atoms with Gasteiger partial charge in [0.1, 0.15) is 5.82 Å². The SMILES string of the molecule is Cc1cc2c(cnn2-c2ccc(F)cc2)cc1[C@@]12CN(S(=O)(=O)N3CCCC3)C[C@@H]1[C@H]2c1ccccc1. The molecule has 3 aromatic carbocycles. The third-order valence-electron chi connectivity index (χ3n) is 8.71. The van der Waals surface area contributed by atoms with Gasteiger partial charge in [0.15, 0.2) is 0 Å². The zero-order chi connectivity index (χ0) is 25.4. The lowest BCUT2D eigenvalue weighted by molar-refractivity contribution is 0.368. The number of halogens is 1. The minimum Gasteiger partial charge on any atom is -0.233 e. The van der Waals surface area contributed by atoms with Gasteiger partial charge in [0.25, 0.3) is 10.2 Å². The smallest absolute Gasteiger partial charge is 0.233 e. The summed E-state index contributed by atoms with van der Waals surface area (Å²) in [4.78, 5) is 0. The monoisotopic (exact) mass is 516 g/mol. The van der Waals surface area contributed by atoms with Crippen molar-refractivity contribution < 1.29 is 12.8 Å². The second-order valence-corrected chi connectivity index (χ2v) is 12.6. The molecule has 0 spiro atoms. The molecule has 0 radical (unpaired) electrons. The Morgan fingerprint density at radius 1 is 0.973 bits per heavy atom. The Bertz CT molecular complexity index is 1600. The molecule has 2 aliphatic heterocycles. The highest BCUT2D eigenvalue weighted by Crippen LogP contribution is 2.70. The second-order valence-electron chi connectivity index (χ2n) is 10.7. The summed E-state index contributed by atoms with van der Waals surface area (Å²) in [7, 11) is -3.46. The van der Waals surface area contributed by atoms with Gasteiger partial charge in [-0.15, -0.1) is 0 Å². The number of nitrogens with zero attached hydrogens (tertiary/aromatic N) is 4. The average Bonchev–Trinajstić information content (AvgIpc) is 3.41. The van der Waals surface area contributed by atoms with Crippen molar-refractivity contribution in [2.24, 2.45) is 5.92 Å². The van der Waals surface area contributed by atoms with Crippen LogP contribution in [0.4, 0.5) is 4.39 Å². The number of aryl methyl sites for hydroxylation is 1. The summed E-state index contributed by atoms with van der Waals surface area (Å²) in [6, 6.07) is 21.2. The summed E-state index contributed by atoms with van der Waals surface area (Å²) in [5.74, 6) is 0.233. The average molecular weight is 517 g/mol. The molecular formula is C29H29FN4O2S. The molecule has 3 heterocycles. The van der Waals surface area contributed by atoms with Crippen molar-refractivity contribution in [2.45, 2.75) is 31.1 Å². The van der Waals surface area contributed by atoms with Gasteiger partial charge in [-0.05, 0) is 78.8 Å². The van der Waals surface area contributed by atoms with E-state index in [1.807, 2.05) is 16.9 Å². The van der Waals surface area contributed by atoms with Crippen molar-refractivity contribution in [1.29, 1.82) is 0 Å². The maximum Gasteiger partial charge on any atom is 0.282 e. The van der Waals surface area contributed by atoms with Crippen molar-refractivity contribution in [3.8, 4) is 5.69 Å². The first-order valence-corrected chi connectivity index (χ1v) is 14.3. The molecule has 2 saturated heterocycles. The first-order chi connectivity index (χ1) is 17.9. The van der Waals surface area contributed by atoms with Crippen LogP contribution < -0.4 is 0 Å². The zero-order valence-electron chi connectivity index (χ0n) is 20.7. The van der Waals surface area contributed by atoms with Crippen LogP contribution in [0.1, 0.15) is 35.4 Å². The Morgan fingerprint density at radius 2 is 1.70 bits per heavy atom. The molecule has 1 saturated carbocycles. The Kier molecular flexibility index (Phi) is 5.12. The molecule has 0 bridgehead atoms. The van der Waals surface area contributed by atoms with Crippen LogP contribution in [0.15, 0.2) is 72.9 Å². The number of hydrogen-bond donors (Lipinski definition) is 0. The summed E-state index contributed by atoms with van der Waals surface area (Å²) in [5.41, 5.74) is 5.10. The van der Waals surface area contributed by atoms with E-state index in [1.54, 1.807) is 20.7 Å². The highest BCUT2D eigenvalue weighted by atomic mass is 32.2. The molecule has 6 nitrogen and oxygen atoms in total. The Labute approximate surface area is 216 Å². The standard InChI is InChI=1S/C29H29FN4O2S/c1-20-15-27-22(17-31-34(27)24-11-9-23(30)10-12-24)16-25(20)29-19-33(37(35,36)32-13-5-6-14-32)18-26(29)28(29)21-7-3-2-4-8-21/h2-4,7-12,15-17,26,28H,5-6,13-14,18-19H2,1H3/t26-,28-,29+/m1/s1. The number of piperidine rings is 1. The molecule has 190 valence electrons. The van der Waals surface area contributed by atoms with Crippen LogP contribution in [0.25, 0.3) is 16.6 Å². The molecule has 3 atom stereocenters. The molecule has 1 aliphatic carbocycles. The van der Waals surface area contributed by atoms with Crippen LogP contribution in [0, 0.1) is 18.7 Å². The van der Waals surface area contributed by atoms with Crippen molar-refractivity contribution in [3.63, 3.8) is 0 Å². The van der Waals surface area contributed by atoms with E-state index < -0.39 is 10.2 Å². The minimum atomic E-state index is -3.46. The van der Waals surface area contributed by atoms with Crippen LogP contribution in [0.2, 0.25) is 0 Å². The lowest BCUT2D eigenvalue weighted by atomic mass is 9.87. The summed E-state index contributed by atoms with van der Waals surface area (Å²) < 4.78 is 45.7. The van der Waals surface area contributed by atoms with E-state index in [0.29, 0.717) is 26.2 Å². The van der Waals surface area contributed by atoms with E-state index in [4.69, 9.17) is 0 Å². The fourth-order valence-corrected chi connectivity index (χ4v) is 8.72. The second kappa shape index (κ2) is 8.21. The predicted octanol–water partition coefficient (Wildman–Crippen LogP) is 4.78. The summed E-state index contributed by atoms with van der Waals surface area (Å²) in [6.07, 6.45) is 3.71. The number of benzene rings is 3.